The third-order valence-electron chi connectivity index (χ3n) is 11.4. The molecule has 3 aliphatic carbocycles. The first-order chi connectivity index (χ1) is 24.8. The van der Waals surface area contributed by atoms with Crippen molar-refractivity contribution in [2.45, 2.75) is 31.1 Å². The molecule has 1 heterocycles. The molecule has 1 aliphatic heterocycles. The maximum atomic E-state index is 15.2. The zero-order valence-corrected chi connectivity index (χ0v) is 28.2. The van der Waals surface area contributed by atoms with Gasteiger partial charge >= 0.3 is 0 Å². The number of aromatic hydroxyl groups is 1. The highest BCUT2D eigenvalue weighted by atomic mass is 16.5. The van der Waals surface area contributed by atoms with E-state index in [2.05, 4.69) is 6.58 Å². The number of anilines is 1. The number of carbonyl (C=O) groups is 4. The number of hydrogen-bond acceptors (Lipinski definition) is 6. The molecule has 6 atom stereocenters. The van der Waals surface area contributed by atoms with Crippen molar-refractivity contribution in [3.8, 4) is 11.5 Å². The van der Waals surface area contributed by atoms with Gasteiger partial charge in [-0.15, -0.1) is 0 Å². The van der Waals surface area contributed by atoms with Gasteiger partial charge in [0.05, 0.1) is 29.5 Å². The quantitative estimate of drug-likeness (QED) is 0.161. The van der Waals surface area contributed by atoms with Crippen molar-refractivity contribution in [2.24, 2.45) is 23.7 Å². The Kier molecular flexibility index (Phi) is 7.94. The van der Waals surface area contributed by atoms with Crippen LogP contribution in [-0.4, -0.2) is 35.1 Å². The van der Waals surface area contributed by atoms with Crippen LogP contribution in [0.5, 0.6) is 11.5 Å². The summed E-state index contributed by atoms with van der Waals surface area (Å²) in [5.74, 6) is -4.08. The van der Waals surface area contributed by atoms with Crippen molar-refractivity contribution in [3.05, 3.63) is 150 Å². The topological polar surface area (TPSA) is 101 Å². The standard InChI is InChI=1S/C44H37NO6/c1-3-26-15-18-30(19-16-26)45-42(49)32-21-20-31-34(39(32)43(45)50)24-35-41(48)33(27-11-7-5-8-12-27)25-38(47)44(35,29-13-9-6-10-14-29)40(31)28-17-22-36(46)37(23-28)51-4-2/h3,5-20,22-23,25,32,34-35,39-40,46H,1,4,21,24H2,2H3. The Bertz CT molecular complexity index is 2150. The summed E-state index contributed by atoms with van der Waals surface area (Å²) < 4.78 is 5.84. The fraction of sp³-hybridized carbons (Fsp3) is 0.227. The van der Waals surface area contributed by atoms with Crippen molar-refractivity contribution >= 4 is 40.7 Å². The van der Waals surface area contributed by atoms with Crippen LogP contribution in [0.4, 0.5) is 5.69 Å². The van der Waals surface area contributed by atoms with E-state index in [0.717, 1.165) is 11.1 Å². The van der Waals surface area contributed by atoms with Crippen molar-refractivity contribution in [1.29, 1.82) is 0 Å². The zero-order valence-electron chi connectivity index (χ0n) is 28.2. The minimum absolute atomic E-state index is 0.0389. The van der Waals surface area contributed by atoms with Gasteiger partial charge in [0.25, 0.3) is 0 Å². The normalized spacial score (nSPS) is 26.8. The van der Waals surface area contributed by atoms with Crippen LogP contribution in [0.1, 0.15) is 47.9 Å². The van der Waals surface area contributed by atoms with Gasteiger partial charge < -0.3 is 9.84 Å². The maximum absolute atomic E-state index is 15.2. The first-order valence-electron chi connectivity index (χ1n) is 17.5. The molecular weight excluding hydrogens is 638 g/mol. The molecule has 51 heavy (non-hydrogen) atoms. The number of rotatable bonds is 7. The van der Waals surface area contributed by atoms with Crippen LogP contribution in [0.25, 0.3) is 11.6 Å². The molecule has 4 aromatic rings. The van der Waals surface area contributed by atoms with E-state index in [1.807, 2.05) is 85.8 Å². The molecule has 2 fully saturated rings. The molecule has 7 heteroatoms. The molecule has 0 aromatic heterocycles. The van der Waals surface area contributed by atoms with Crippen LogP contribution in [0.3, 0.4) is 0 Å². The molecular formula is C44H37NO6. The summed E-state index contributed by atoms with van der Waals surface area (Å²) in [6.45, 7) is 5.95. The highest BCUT2D eigenvalue weighted by molar-refractivity contribution is 6.32. The van der Waals surface area contributed by atoms with Crippen molar-refractivity contribution in [1.82, 2.24) is 0 Å². The molecule has 2 amide bonds. The molecule has 8 rings (SSSR count). The van der Waals surface area contributed by atoms with Gasteiger partial charge in [-0.1, -0.05) is 103 Å². The molecule has 4 aliphatic rings. The molecule has 6 unspecified atom stereocenters. The Morgan fingerprint density at radius 2 is 1.59 bits per heavy atom. The number of carbonyl (C=O) groups excluding carboxylic acids is 4. The fourth-order valence-electron chi connectivity index (χ4n) is 9.24. The molecule has 4 aromatic carbocycles. The van der Waals surface area contributed by atoms with E-state index in [-0.39, 0.29) is 41.3 Å². The minimum atomic E-state index is -1.36. The number of hydrogen-bond donors (Lipinski definition) is 1. The van der Waals surface area contributed by atoms with Gasteiger partial charge in [-0.05, 0) is 78.3 Å². The average molecular weight is 676 g/mol. The SMILES string of the molecule is C=Cc1ccc(N2C(=O)C3CC=C4C(CC5C(=O)C(c6ccccc6)=CC(=O)C5(c5ccccc5)C4c4ccc(O)c(OCC)c4)C3C2=O)cc1. The number of ether oxygens (including phenoxy) is 1. The van der Waals surface area contributed by atoms with Gasteiger partial charge in [-0.3, -0.25) is 24.1 Å². The van der Waals surface area contributed by atoms with Crippen LogP contribution in [-0.2, 0) is 24.6 Å². The third-order valence-corrected chi connectivity index (χ3v) is 11.4. The van der Waals surface area contributed by atoms with Crippen molar-refractivity contribution < 1.29 is 29.0 Å². The number of fused-ring (bicyclic) bond motifs is 4. The van der Waals surface area contributed by atoms with E-state index in [1.165, 1.54) is 11.0 Å². The highest BCUT2D eigenvalue weighted by Gasteiger charge is 2.66. The Hall–Kier alpha value is -5.82. The summed E-state index contributed by atoms with van der Waals surface area (Å²) in [6.07, 6.45) is 5.77. The number of phenolic OH excluding ortho intramolecular Hbond substituents is 1. The second-order valence-corrected chi connectivity index (χ2v) is 13.8. The molecule has 0 spiro atoms. The van der Waals surface area contributed by atoms with Gasteiger partial charge in [0, 0.05) is 17.4 Å². The van der Waals surface area contributed by atoms with E-state index in [9.17, 15) is 14.7 Å². The number of Topliss-reactive ketones (excluding diaryl/α,β-unsaturated/α-hetero) is 1. The lowest BCUT2D eigenvalue weighted by atomic mass is 9.44. The Labute approximate surface area is 296 Å². The number of imide groups is 1. The number of phenols is 1. The molecule has 1 saturated heterocycles. The Morgan fingerprint density at radius 1 is 0.882 bits per heavy atom. The number of benzene rings is 4. The molecule has 0 bridgehead atoms. The Morgan fingerprint density at radius 3 is 2.27 bits per heavy atom. The lowest BCUT2D eigenvalue weighted by Crippen LogP contribution is -2.58. The summed E-state index contributed by atoms with van der Waals surface area (Å²) in [5, 5.41) is 10.8. The lowest BCUT2D eigenvalue weighted by molar-refractivity contribution is -0.135. The number of nitrogens with zero attached hydrogens (tertiary/aromatic N) is 1. The van der Waals surface area contributed by atoms with Gasteiger partial charge in [0.15, 0.2) is 23.1 Å². The smallest absolute Gasteiger partial charge is 0.238 e. The van der Waals surface area contributed by atoms with E-state index >= 15 is 9.59 Å². The van der Waals surface area contributed by atoms with Gasteiger partial charge in [0.2, 0.25) is 11.8 Å². The van der Waals surface area contributed by atoms with Crippen LogP contribution < -0.4 is 9.64 Å². The van der Waals surface area contributed by atoms with Crippen molar-refractivity contribution in [3.63, 3.8) is 0 Å². The van der Waals surface area contributed by atoms with Crippen LogP contribution in [0, 0.1) is 23.7 Å². The van der Waals surface area contributed by atoms with Crippen LogP contribution in [0.15, 0.2) is 127 Å². The fourth-order valence-corrected chi connectivity index (χ4v) is 9.24. The number of amides is 2. The minimum Gasteiger partial charge on any atom is -0.504 e. The zero-order chi connectivity index (χ0) is 35.4. The van der Waals surface area contributed by atoms with E-state index in [4.69, 9.17) is 4.74 Å². The highest BCUT2D eigenvalue weighted by Crippen LogP contribution is 2.64. The largest absolute Gasteiger partial charge is 0.504 e. The van der Waals surface area contributed by atoms with E-state index in [0.29, 0.717) is 41.0 Å². The van der Waals surface area contributed by atoms with Crippen LogP contribution in [0.2, 0.25) is 0 Å². The molecule has 1 saturated carbocycles. The summed E-state index contributed by atoms with van der Waals surface area (Å²) in [6, 6.07) is 30.9. The summed E-state index contributed by atoms with van der Waals surface area (Å²) in [5.41, 5.74) is 3.24. The van der Waals surface area contributed by atoms with Gasteiger partial charge in [0.1, 0.15) is 0 Å². The number of allylic oxidation sites excluding steroid dienone is 4. The predicted molar refractivity (Wildman–Crippen MR) is 195 cm³/mol. The second-order valence-electron chi connectivity index (χ2n) is 13.8. The second kappa shape index (κ2) is 12.5. The Balaban J connectivity index is 1.35. The van der Waals surface area contributed by atoms with E-state index < -0.39 is 35.0 Å². The average Bonchev–Trinajstić information content (AvgIpc) is 3.42. The summed E-state index contributed by atoms with van der Waals surface area (Å²) in [4.78, 5) is 60.2. The van der Waals surface area contributed by atoms with Crippen molar-refractivity contribution in [2.75, 3.05) is 11.5 Å². The lowest BCUT2D eigenvalue weighted by Gasteiger charge is -2.55. The first-order valence-corrected chi connectivity index (χ1v) is 17.5. The maximum Gasteiger partial charge on any atom is 0.238 e. The molecule has 254 valence electrons. The molecule has 1 N–H and O–H groups in total. The van der Waals surface area contributed by atoms with Gasteiger partial charge in [-0.25, -0.2) is 0 Å². The summed E-state index contributed by atoms with van der Waals surface area (Å²) in [7, 11) is 0. The van der Waals surface area contributed by atoms with E-state index in [1.54, 1.807) is 36.4 Å². The summed E-state index contributed by atoms with van der Waals surface area (Å²) >= 11 is 0. The molecule has 0 radical (unpaired) electrons. The molecule has 7 nitrogen and oxygen atoms in total. The van der Waals surface area contributed by atoms with Crippen LogP contribution >= 0.6 is 0 Å². The monoisotopic (exact) mass is 675 g/mol. The third kappa shape index (κ3) is 4.86. The predicted octanol–water partition coefficient (Wildman–Crippen LogP) is 7.46. The first kappa shape index (κ1) is 32.4. The van der Waals surface area contributed by atoms with Gasteiger partial charge in [-0.2, -0.15) is 0 Å². The number of ketones is 2.